The van der Waals surface area contributed by atoms with Crippen molar-refractivity contribution in [2.75, 3.05) is 4.72 Å². The van der Waals surface area contributed by atoms with Crippen molar-refractivity contribution in [2.24, 2.45) is 0 Å². The van der Waals surface area contributed by atoms with Crippen molar-refractivity contribution in [1.82, 2.24) is 4.98 Å². The van der Waals surface area contributed by atoms with Gasteiger partial charge in [0.25, 0.3) is 10.0 Å². The van der Waals surface area contributed by atoms with Crippen LogP contribution in [0.4, 0.5) is 10.2 Å². The summed E-state index contributed by atoms with van der Waals surface area (Å²) < 4.78 is 39.3. The molecule has 1 aromatic heterocycles. The smallest absolute Gasteiger partial charge is 0.263 e. The monoisotopic (exact) mass is 311 g/mol. The SMILES string of the molecule is N#Cc1ccc(Cl)c(S(=O)(=O)Nc2cccc(F)n2)c1. The molecule has 0 spiro atoms. The fourth-order valence-electron chi connectivity index (χ4n) is 1.44. The van der Waals surface area contributed by atoms with Gasteiger partial charge < -0.3 is 0 Å². The van der Waals surface area contributed by atoms with Crippen LogP contribution in [0.25, 0.3) is 0 Å². The predicted molar refractivity (Wildman–Crippen MR) is 71.2 cm³/mol. The first kappa shape index (κ1) is 14.2. The van der Waals surface area contributed by atoms with Crippen LogP contribution in [0.3, 0.4) is 0 Å². The summed E-state index contributed by atoms with van der Waals surface area (Å²) in [7, 11) is -4.06. The highest BCUT2D eigenvalue weighted by atomic mass is 35.5. The van der Waals surface area contributed by atoms with Gasteiger partial charge in [0.15, 0.2) is 0 Å². The number of nitrogens with zero attached hydrogens (tertiary/aromatic N) is 2. The number of hydrogen-bond donors (Lipinski definition) is 1. The van der Waals surface area contributed by atoms with Gasteiger partial charge in [-0.05, 0) is 30.3 Å². The van der Waals surface area contributed by atoms with E-state index in [4.69, 9.17) is 16.9 Å². The molecule has 0 atom stereocenters. The molecule has 0 saturated heterocycles. The van der Waals surface area contributed by atoms with Gasteiger partial charge in [-0.3, -0.25) is 4.72 Å². The van der Waals surface area contributed by atoms with E-state index in [0.717, 1.165) is 12.1 Å². The van der Waals surface area contributed by atoms with E-state index in [1.165, 1.54) is 24.3 Å². The number of aromatic nitrogens is 1. The Morgan fingerprint density at radius 2 is 2.05 bits per heavy atom. The van der Waals surface area contributed by atoms with Crippen LogP contribution in [-0.2, 0) is 10.0 Å². The van der Waals surface area contributed by atoms with E-state index in [1.807, 2.05) is 6.07 Å². The van der Waals surface area contributed by atoms with Crippen LogP contribution >= 0.6 is 11.6 Å². The summed E-state index contributed by atoms with van der Waals surface area (Å²) in [6, 6.07) is 9.32. The molecule has 5 nitrogen and oxygen atoms in total. The lowest BCUT2D eigenvalue weighted by Crippen LogP contribution is -2.15. The molecule has 0 radical (unpaired) electrons. The molecule has 0 fully saturated rings. The number of halogens is 2. The molecule has 0 aliphatic heterocycles. The second-order valence-electron chi connectivity index (χ2n) is 3.71. The third kappa shape index (κ3) is 3.04. The topological polar surface area (TPSA) is 82.8 Å². The molecule has 0 aliphatic rings. The zero-order valence-corrected chi connectivity index (χ0v) is 11.4. The van der Waals surface area contributed by atoms with Crippen LogP contribution in [0.1, 0.15) is 5.56 Å². The molecule has 1 aromatic carbocycles. The molecule has 1 N–H and O–H groups in total. The number of rotatable bonds is 3. The van der Waals surface area contributed by atoms with Gasteiger partial charge in [0.1, 0.15) is 10.7 Å². The summed E-state index contributed by atoms with van der Waals surface area (Å²) in [6.07, 6.45) is 0. The summed E-state index contributed by atoms with van der Waals surface area (Å²) in [5.41, 5.74) is 0.141. The Kier molecular flexibility index (Phi) is 3.88. The Labute approximate surface area is 119 Å². The van der Waals surface area contributed by atoms with Gasteiger partial charge >= 0.3 is 0 Å². The van der Waals surface area contributed by atoms with Gasteiger partial charge in [0.05, 0.1) is 16.7 Å². The molecule has 8 heteroatoms. The zero-order chi connectivity index (χ0) is 14.8. The van der Waals surface area contributed by atoms with E-state index in [9.17, 15) is 12.8 Å². The number of nitriles is 1. The zero-order valence-electron chi connectivity index (χ0n) is 9.84. The maximum atomic E-state index is 12.9. The van der Waals surface area contributed by atoms with Crippen molar-refractivity contribution < 1.29 is 12.8 Å². The minimum absolute atomic E-state index is 0.0482. The van der Waals surface area contributed by atoms with Gasteiger partial charge in [-0.25, -0.2) is 13.4 Å². The average molecular weight is 312 g/mol. The van der Waals surface area contributed by atoms with E-state index in [-0.39, 0.29) is 21.3 Å². The van der Waals surface area contributed by atoms with E-state index in [1.54, 1.807) is 0 Å². The normalized spacial score (nSPS) is 10.8. The Morgan fingerprint density at radius 1 is 1.30 bits per heavy atom. The summed E-state index contributed by atoms with van der Waals surface area (Å²) >= 11 is 5.81. The highest BCUT2D eigenvalue weighted by Crippen LogP contribution is 2.24. The minimum atomic E-state index is -4.06. The number of anilines is 1. The number of benzene rings is 1. The van der Waals surface area contributed by atoms with Gasteiger partial charge in [0, 0.05) is 0 Å². The Morgan fingerprint density at radius 3 is 2.70 bits per heavy atom. The predicted octanol–water partition coefficient (Wildman–Crippen LogP) is 2.55. The number of hydrogen-bond acceptors (Lipinski definition) is 4. The first-order valence-corrected chi connectivity index (χ1v) is 7.13. The van der Waals surface area contributed by atoms with Crippen molar-refractivity contribution in [3.8, 4) is 6.07 Å². The third-order valence-electron chi connectivity index (χ3n) is 2.30. The maximum absolute atomic E-state index is 12.9. The lowest BCUT2D eigenvalue weighted by atomic mass is 10.2. The van der Waals surface area contributed by atoms with E-state index < -0.39 is 16.0 Å². The summed E-state index contributed by atoms with van der Waals surface area (Å²) in [5.74, 6) is -0.995. The van der Waals surface area contributed by atoms with Gasteiger partial charge in [-0.15, -0.1) is 0 Å². The molecular weight excluding hydrogens is 305 g/mol. The minimum Gasteiger partial charge on any atom is -0.263 e. The maximum Gasteiger partial charge on any atom is 0.264 e. The quantitative estimate of drug-likeness (QED) is 0.883. The first-order valence-electron chi connectivity index (χ1n) is 5.27. The Balaban J connectivity index is 2.43. The molecule has 102 valence electrons. The molecule has 2 aromatic rings. The van der Waals surface area contributed by atoms with E-state index in [2.05, 4.69) is 9.71 Å². The molecule has 2 rings (SSSR count). The largest absolute Gasteiger partial charge is 0.264 e. The molecule has 20 heavy (non-hydrogen) atoms. The van der Waals surface area contributed by atoms with Crippen molar-refractivity contribution in [2.45, 2.75) is 4.90 Å². The second-order valence-corrected chi connectivity index (χ2v) is 5.77. The number of pyridine rings is 1. The van der Waals surface area contributed by atoms with Crippen molar-refractivity contribution >= 4 is 27.4 Å². The highest BCUT2D eigenvalue weighted by Gasteiger charge is 2.19. The molecule has 1 heterocycles. The van der Waals surface area contributed by atoms with Crippen molar-refractivity contribution in [3.63, 3.8) is 0 Å². The summed E-state index contributed by atoms with van der Waals surface area (Å²) in [6.45, 7) is 0. The number of nitrogens with one attached hydrogen (secondary N) is 1. The molecule has 0 aliphatic carbocycles. The molecule has 0 amide bonds. The number of sulfonamides is 1. The summed E-state index contributed by atoms with van der Waals surface area (Å²) in [5, 5.41) is 8.73. The Hall–Kier alpha value is -2.17. The lowest BCUT2D eigenvalue weighted by molar-refractivity contribution is 0.584. The summed E-state index contributed by atoms with van der Waals surface area (Å²) in [4.78, 5) is 3.12. The Bertz CT molecular complexity index is 803. The van der Waals surface area contributed by atoms with Crippen LogP contribution in [0, 0.1) is 17.3 Å². The van der Waals surface area contributed by atoms with Crippen LogP contribution in [0.15, 0.2) is 41.3 Å². The van der Waals surface area contributed by atoms with Crippen LogP contribution < -0.4 is 4.72 Å². The van der Waals surface area contributed by atoms with Crippen molar-refractivity contribution in [3.05, 3.63) is 52.9 Å². The van der Waals surface area contributed by atoms with Gasteiger partial charge in [-0.2, -0.15) is 9.65 Å². The van der Waals surface area contributed by atoms with Crippen LogP contribution in [0.2, 0.25) is 5.02 Å². The van der Waals surface area contributed by atoms with E-state index >= 15 is 0 Å². The lowest BCUT2D eigenvalue weighted by Gasteiger charge is -2.09. The van der Waals surface area contributed by atoms with Crippen LogP contribution in [0.5, 0.6) is 0 Å². The standard InChI is InChI=1S/C12H7ClFN3O2S/c13-9-5-4-8(7-15)6-10(9)20(18,19)17-12-3-1-2-11(14)16-12/h1-6H,(H,16,17). The second kappa shape index (κ2) is 5.45. The van der Waals surface area contributed by atoms with Crippen molar-refractivity contribution in [1.29, 1.82) is 5.26 Å². The fraction of sp³-hybridized carbons (Fsp3) is 0. The molecular formula is C12H7ClFN3O2S. The third-order valence-corrected chi connectivity index (χ3v) is 4.14. The molecule has 0 bridgehead atoms. The average Bonchev–Trinajstić information content (AvgIpc) is 2.38. The molecule has 0 unspecified atom stereocenters. The van der Waals surface area contributed by atoms with Gasteiger partial charge in [-0.1, -0.05) is 17.7 Å². The highest BCUT2D eigenvalue weighted by molar-refractivity contribution is 7.92. The van der Waals surface area contributed by atoms with E-state index in [0.29, 0.717) is 0 Å². The van der Waals surface area contributed by atoms with Crippen LogP contribution in [-0.4, -0.2) is 13.4 Å². The molecule has 0 saturated carbocycles. The van der Waals surface area contributed by atoms with Gasteiger partial charge in [0.2, 0.25) is 5.95 Å². The first-order chi connectivity index (χ1) is 9.42. The fourth-order valence-corrected chi connectivity index (χ4v) is 2.96.